The molecule has 0 aromatic rings. The van der Waals surface area contributed by atoms with Gasteiger partial charge in [-0.05, 0) is 11.4 Å². The second-order valence-corrected chi connectivity index (χ2v) is 3.12. The summed E-state index contributed by atoms with van der Waals surface area (Å²) in [6, 6.07) is 0. The Hall–Kier alpha value is 0.415. The monoisotopic (exact) mass is 100 g/mol. The zero-order chi connectivity index (χ0) is 4.41. The molecule has 1 aliphatic heterocycles. The highest BCUT2D eigenvalue weighted by Gasteiger charge is 2.11. The maximum Gasteiger partial charge on any atom is 0.148 e. The van der Waals surface area contributed by atoms with Crippen LogP contribution in [0.5, 0.6) is 0 Å². The van der Waals surface area contributed by atoms with Gasteiger partial charge < -0.3 is 0 Å². The molecule has 0 aliphatic carbocycles. The molecule has 1 heterocycles. The van der Waals surface area contributed by atoms with E-state index in [1.54, 1.807) is 0 Å². The minimum atomic E-state index is 1.01. The molecule has 0 N–H and O–H groups in total. The standard InChI is InChI=1S/C4H9BS/c1-5-2-3-6-4-5/h2-4H2,1H3. The van der Waals surface area contributed by atoms with Crippen LogP contribution in [0, 0.1) is 0 Å². The third-order valence-corrected chi connectivity index (χ3v) is 2.49. The van der Waals surface area contributed by atoms with Gasteiger partial charge in [0.25, 0.3) is 0 Å². The van der Waals surface area contributed by atoms with E-state index in [0.29, 0.717) is 0 Å². The summed E-state index contributed by atoms with van der Waals surface area (Å²) in [6.45, 7) is 3.33. The summed E-state index contributed by atoms with van der Waals surface area (Å²) in [5, 5.41) is 0. The van der Waals surface area contributed by atoms with Crippen molar-refractivity contribution in [2.45, 2.75) is 13.1 Å². The van der Waals surface area contributed by atoms with Crippen molar-refractivity contribution in [3.05, 3.63) is 0 Å². The van der Waals surface area contributed by atoms with E-state index in [1.807, 2.05) is 0 Å². The first-order valence-corrected chi connectivity index (χ1v) is 3.63. The van der Waals surface area contributed by atoms with Crippen LogP contribution < -0.4 is 0 Å². The highest BCUT2D eigenvalue weighted by atomic mass is 32.2. The van der Waals surface area contributed by atoms with Crippen molar-refractivity contribution >= 4 is 18.5 Å². The van der Waals surface area contributed by atoms with Crippen LogP contribution in [0.4, 0.5) is 0 Å². The molecular formula is C4H9BS. The molecular weight excluding hydrogens is 90.9 g/mol. The van der Waals surface area contributed by atoms with E-state index in [-0.39, 0.29) is 0 Å². The van der Waals surface area contributed by atoms with Crippen LogP contribution in [0.2, 0.25) is 13.1 Å². The fraction of sp³-hybridized carbons (Fsp3) is 1.00. The summed E-state index contributed by atoms with van der Waals surface area (Å²) in [7, 11) is 0. The summed E-state index contributed by atoms with van der Waals surface area (Å²) in [4.78, 5) is 0. The molecule has 0 aromatic heterocycles. The van der Waals surface area contributed by atoms with E-state index in [4.69, 9.17) is 0 Å². The van der Waals surface area contributed by atoms with Gasteiger partial charge in [0.15, 0.2) is 0 Å². The normalized spacial score (nSPS) is 22.5. The molecule has 0 amide bonds. The summed E-state index contributed by atoms with van der Waals surface area (Å²) < 4.78 is 0. The van der Waals surface area contributed by atoms with E-state index < -0.39 is 0 Å². The minimum absolute atomic E-state index is 1.01. The van der Waals surface area contributed by atoms with Gasteiger partial charge in [-0.15, -0.1) is 0 Å². The minimum Gasteiger partial charge on any atom is -0.171 e. The summed E-state index contributed by atoms with van der Waals surface area (Å²) in [5.41, 5.74) is 1.40. The van der Waals surface area contributed by atoms with Crippen LogP contribution in [0.1, 0.15) is 0 Å². The molecule has 0 nitrogen and oxygen atoms in total. The van der Waals surface area contributed by atoms with Crippen molar-refractivity contribution in [2.24, 2.45) is 0 Å². The van der Waals surface area contributed by atoms with Crippen LogP contribution in [0.3, 0.4) is 0 Å². The largest absolute Gasteiger partial charge is 0.171 e. The maximum absolute atomic E-state index is 2.32. The summed E-state index contributed by atoms with van der Waals surface area (Å²) >= 11 is 2.08. The highest BCUT2D eigenvalue weighted by Crippen LogP contribution is 2.15. The van der Waals surface area contributed by atoms with Gasteiger partial charge in [0.05, 0.1) is 0 Å². The Morgan fingerprint density at radius 1 is 1.67 bits per heavy atom. The second kappa shape index (κ2) is 1.92. The van der Waals surface area contributed by atoms with Gasteiger partial charge in [-0.25, -0.2) is 0 Å². The zero-order valence-corrected chi connectivity index (χ0v) is 4.92. The molecule has 34 valence electrons. The third-order valence-electron chi connectivity index (χ3n) is 1.16. The molecule has 1 aliphatic rings. The van der Waals surface area contributed by atoms with Gasteiger partial charge in [0.2, 0.25) is 0 Å². The quantitative estimate of drug-likeness (QED) is 0.414. The van der Waals surface area contributed by atoms with Crippen molar-refractivity contribution in [2.75, 3.05) is 11.4 Å². The highest BCUT2D eigenvalue weighted by molar-refractivity contribution is 8.01. The molecule has 2 heteroatoms. The molecule has 1 saturated heterocycles. The van der Waals surface area contributed by atoms with Gasteiger partial charge in [-0.1, -0.05) is 13.1 Å². The van der Waals surface area contributed by atoms with Gasteiger partial charge in [-0.3, -0.25) is 0 Å². The Balaban J connectivity index is 2.18. The summed E-state index contributed by atoms with van der Waals surface area (Å²) in [6.07, 6.45) is 1.45. The summed E-state index contributed by atoms with van der Waals surface area (Å²) in [5.74, 6) is 1.40. The molecule has 0 atom stereocenters. The fourth-order valence-corrected chi connectivity index (χ4v) is 1.96. The second-order valence-electron chi connectivity index (χ2n) is 1.97. The predicted molar refractivity (Wildman–Crippen MR) is 33.7 cm³/mol. The number of thioether (sulfide) groups is 1. The van der Waals surface area contributed by atoms with Crippen LogP contribution in [0.25, 0.3) is 0 Å². The number of hydrogen-bond donors (Lipinski definition) is 0. The van der Waals surface area contributed by atoms with Gasteiger partial charge in [-0.2, -0.15) is 11.8 Å². The molecule has 0 unspecified atom stereocenters. The molecule has 1 fully saturated rings. The van der Waals surface area contributed by atoms with Gasteiger partial charge in [0.1, 0.15) is 6.71 Å². The predicted octanol–water partition coefficient (Wildman–Crippen LogP) is 1.40. The SMILES string of the molecule is CB1CCSC1. The Morgan fingerprint density at radius 3 is 2.67 bits per heavy atom. The number of hydrogen-bond acceptors (Lipinski definition) is 1. The average molecular weight is 100.0 g/mol. The molecule has 1 rings (SSSR count). The third kappa shape index (κ3) is 0.936. The molecule has 0 bridgehead atoms. The Morgan fingerprint density at radius 2 is 2.50 bits per heavy atom. The molecule has 0 saturated carbocycles. The first-order chi connectivity index (χ1) is 2.89. The first kappa shape index (κ1) is 4.57. The Labute approximate surface area is 43.8 Å². The topological polar surface area (TPSA) is 0 Å². The Kier molecular flexibility index (Phi) is 1.46. The Bertz CT molecular complexity index is 40.8. The van der Waals surface area contributed by atoms with E-state index in [9.17, 15) is 0 Å². The van der Waals surface area contributed by atoms with Crippen molar-refractivity contribution in [1.29, 1.82) is 0 Å². The van der Waals surface area contributed by atoms with Crippen LogP contribution in [0.15, 0.2) is 0 Å². The number of rotatable bonds is 0. The fourth-order valence-electron chi connectivity index (χ4n) is 0.652. The molecule has 0 radical (unpaired) electrons. The van der Waals surface area contributed by atoms with Crippen molar-refractivity contribution in [1.82, 2.24) is 0 Å². The lowest BCUT2D eigenvalue weighted by Gasteiger charge is -1.83. The van der Waals surface area contributed by atoms with Crippen molar-refractivity contribution in [3.8, 4) is 0 Å². The van der Waals surface area contributed by atoms with E-state index in [2.05, 4.69) is 18.6 Å². The molecule has 6 heavy (non-hydrogen) atoms. The van der Waals surface area contributed by atoms with E-state index in [1.165, 1.54) is 17.7 Å². The lowest BCUT2D eigenvalue weighted by atomic mass is 9.53. The zero-order valence-electron chi connectivity index (χ0n) is 4.11. The van der Waals surface area contributed by atoms with Crippen LogP contribution in [-0.2, 0) is 0 Å². The van der Waals surface area contributed by atoms with E-state index >= 15 is 0 Å². The van der Waals surface area contributed by atoms with E-state index in [0.717, 1.165) is 6.71 Å². The van der Waals surface area contributed by atoms with Gasteiger partial charge in [0, 0.05) is 0 Å². The molecule has 0 aromatic carbocycles. The van der Waals surface area contributed by atoms with Crippen LogP contribution >= 0.6 is 11.8 Å². The van der Waals surface area contributed by atoms with Crippen molar-refractivity contribution in [3.63, 3.8) is 0 Å². The van der Waals surface area contributed by atoms with Crippen molar-refractivity contribution < 1.29 is 0 Å². The smallest absolute Gasteiger partial charge is 0.148 e. The van der Waals surface area contributed by atoms with Gasteiger partial charge >= 0.3 is 0 Å². The maximum atomic E-state index is 2.32. The lowest BCUT2D eigenvalue weighted by Crippen LogP contribution is -2.01. The average Bonchev–Trinajstić information content (AvgIpc) is 1.86. The lowest BCUT2D eigenvalue weighted by molar-refractivity contribution is 1.48. The first-order valence-electron chi connectivity index (χ1n) is 2.47. The van der Waals surface area contributed by atoms with Crippen LogP contribution in [-0.4, -0.2) is 18.1 Å². The molecule has 0 spiro atoms.